The summed E-state index contributed by atoms with van der Waals surface area (Å²) in [5.74, 6) is 0. The molecule has 0 saturated carbocycles. The van der Waals surface area contributed by atoms with Gasteiger partial charge in [-0.1, -0.05) is 12.5 Å². The van der Waals surface area contributed by atoms with Crippen LogP contribution in [0.2, 0.25) is 0 Å². The van der Waals surface area contributed by atoms with Crippen LogP contribution in [0.1, 0.15) is 12.5 Å². The summed E-state index contributed by atoms with van der Waals surface area (Å²) in [7, 11) is 28.3. The molecule has 0 atom stereocenters. The van der Waals surface area contributed by atoms with Crippen LogP contribution in [0.15, 0.2) is 0 Å². The normalized spacial score (nSPS) is 10.2. The van der Waals surface area contributed by atoms with Crippen molar-refractivity contribution >= 4 is 66.5 Å². The van der Waals surface area contributed by atoms with Crippen LogP contribution in [-0.2, 0) is 6.42 Å². The van der Waals surface area contributed by atoms with Gasteiger partial charge in [0.25, 0.3) is 0 Å². The monoisotopic (exact) mass is 156 g/mol. The van der Waals surface area contributed by atoms with E-state index < -0.39 is 0 Å². The van der Waals surface area contributed by atoms with Crippen LogP contribution in [0.3, 0.4) is 0 Å². The Labute approximate surface area is 85.9 Å². The minimum Gasteiger partial charge on any atom is -0.112 e. The fourth-order valence-electron chi connectivity index (χ4n) is 1.29. The zero-order valence-corrected chi connectivity index (χ0v) is 7.59. The molecule has 0 heterocycles. The standard InChI is InChI=1S/C8H5B5/c1-2-3-4(9)6(11)8(13)7(12)5(3)10/h2H2,1H3. The Balaban J connectivity index is 3.56. The lowest BCUT2D eigenvalue weighted by Crippen LogP contribution is -2.56. The van der Waals surface area contributed by atoms with Crippen LogP contribution in [0, 0.1) is 0 Å². The number of hydrogen-bond donors (Lipinski definition) is 0. The Kier molecular flexibility index (Phi) is 3.05. The molecule has 0 aromatic heterocycles. The topological polar surface area (TPSA) is 0 Å². The lowest BCUT2D eigenvalue weighted by molar-refractivity contribution is 1.17. The summed E-state index contributed by atoms with van der Waals surface area (Å²) in [6.45, 7) is 1.93. The fraction of sp³-hybridized carbons (Fsp3) is 0.250. The lowest BCUT2D eigenvalue weighted by atomic mass is 9.60. The summed E-state index contributed by atoms with van der Waals surface area (Å²) in [6.07, 6.45) is 0.687. The van der Waals surface area contributed by atoms with Crippen molar-refractivity contribution in [2.24, 2.45) is 0 Å². The van der Waals surface area contributed by atoms with E-state index in [9.17, 15) is 0 Å². The van der Waals surface area contributed by atoms with E-state index in [1.54, 1.807) is 0 Å². The second-order valence-electron chi connectivity index (χ2n) is 2.90. The molecule has 0 N–H and O–H groups in total. The molecular formula is C8H5B5. The molecule has 52 valence electrons. The predicted octanol–water partition coefficient (Wildman–Crippen LogP) is -3.78. The minimum atomic E-state index is 0.271. The smallest absolute Gasteiger partial charge is 0.112 e. The zero-order valence-electron chi connectivity index (χ0n) is 7.59. The first kappa shape index (κ1) is 10.6. The number of rotatable bonds is 1. The van der Waals surface area contributed by atoms with Crippen LogP contribution in [-0.4, -0.2) is 39.2 Å². The second-order valence-corrected chi connectivity index (χ2v) is 2.90. The molecule has 1 aromatic carbocycles. The fourth-order valence-corrected chi connectivity index (χ4v) is 1.29. The third-order valence-corrected chi connectivity index (χ3v) is 2.16. The summed E-state index contributed by atoms with van der Waals surface area (Å²) in [5.41, 5.74) is 2.56. The number of hydrogen-bond acceptors (Lipinski definition) is 0. The third-order valence-electron chi connectivity index (χ3n) is 2.16. The quantitative estimate of drug-likeness (QED) is 0.365. The summed E-state index contributed by atoms with van der Waals surface area (Å²) >= 11 is 0. The highest BCUT2D eigenvalue weighted by Crippen LogP contribution is 1.85. The molecule has 0 saturated heterocycles. The van der Waals surface area contributed by atoms with Crippen LogP contribution in [0.4, 0.5) is 0 Å². The van der Waals surface area contributed by atoms with Crippen LogP contribution in [0.5, 0.6) is 0 Å². The van der Waals surface area contributed by atoms with Crippen molar-refractivity contribution in [2.45, 2.75) is 13.3 Å². The van der Waals surface area contributed by atoms with Gasteiger partial charge >= 0.3 is 0 Å². The molecule has 10 radical (unpaired) electrons. The van der Waals surface area contributed by atoms with Gasteiger partial charge in [-0.3, -0.25) is 0 Å². The van der Waals surface area contributed by atoms with E-state index >= 15 is 0 Å². The van der Waals surface area contributed by atoms with Crippen molar-refractivity contribution in [3.8, 4) is 0 Å². The maximum absolute atomic E-state index is 5.72. The highest BCUT2D eigenvalue weighted by Gasteiger charge is 2.07. The lowest BCUT2D eigenvalue weighted by Gasteiger charge is -2.19. The Morgan fingerprint density at radius 2 is 1.00 bits per heavy atom. The molecule has 1 aromatic rings. The Morgan fingerprint density at radius 3 is 1.31 bits per heavy atom. The molecule has 0 bridgehead atoms. The van der Waals surface area contributed by atoms with Crippen molar-refractivity contribution in [1.29, 1.82) is 0 Å². The van der Waals surface area contributed by atoms with E-state index in [0.29, 0.717) is 28.3 Å². The van der Waals surface area contributed by atoms with Crippen molar-refractivity contribution in [2.75, 3.05) is 0 Å². The van der Waals surface area contributed by atoms with E-state index in [1.165, 1.54) is 0 Å². The zero-order chi connectivity index (χ0) is 10.2. The molecule has 0 aliphatic rings. The average molecular weight is 155 g/mol. The van der Waals surface area contributed by atoms with Gasteiger partial charge in [0.15, 0.2) is 0 Å². The minimum absolute atomic E-state index is 0.271. The van der Waals surface area contributed by atoms with Crippen LogP contribution in [0.25, 0.3) is 0 Å². The van der Waals surface area contributed by atoms with Crippen molar-refractivity contribution in [3.63, 3.8) is 0 Å². The Hall–Kier alpha value is -0.455. The molecule has 13 heavy (non-hydrogen) atoms. The molecule has 5 heteroatoms. The van der Waals surface area contributed by atoms with Gasteiger partial charge in [-0.25, -0.2) is 0 Å². The maximum Gasteiger partial charge on any atom is 0.113 e. The summed E-state index contributed by atoms with van der Waals surface area (Å²) < 4.78 is 0. The van der Waals surface area contributed by atoms with E-state index in [4.69, 9.17) is 39.2 Å². The highest BCUT2D eigenvalue weighted by atomic mass is 14.0. The first-order valence-electron chi connectivity index (χ1n) is 4.00. The average Bonchev–Trinajstić information content (AvgIpc) is 2.13. The SMILES string of the molecule is [B]c1c([B])c([B])c(CC)c([B])c1[B]. The molecule has 0 aliphatic heterocycles. The van der Waals surface area contributed by atoms with Gasteiger partial charge in [0.05, 0.1) is 0 Å². The molecule has 0 fully saturated rings. The molecular weight excluding hydrogens is 150 g/mol. The van der Waals surface area contributed by atoms with E-state index in [0.717, 1.165) is 5.56 Å². The van der Waals surface area contributed by atoms with Gasteiger partial charge in [-0.15, -0.1) is 27.3 Å². The second kappa shape index (κ2) is 3.73. The molecule has 0 amide bonds. The maximum atomic E-state index is 5.72. The first-order chi connectivity index (χ1) is 6.00. The Morgan fingerprint density at radius 1 is 0.692 bits per heavy atom. The highest BCUT2D eigenvalue weighted by molar-refractivity contribution is 6.67. The van der Waals surface area contributed by atoms with Crippen molar-refractivity contribution in [3.05, 3.63) is 5.56 Å². The summed E-state index contributed by atoms with van der Waals surface area (Å²) in [5, 5.41) is 0. The largest absolute Gasteiger partial charge is 0.113 e. The Bertz CT molecular complexity index is 316. The van der Waals surface area contributed by atoms with Crippen molar-refractivity contribution in [1.82, 2.24) is 0 Å². The van der Waals surface area contributed by atoms with Gasteiger partial charge in [0.1, 0.15) is 39.2 Å². The van der Waals surface area contributed by atoms with Gasteiger partial charge in [-0.05, 0) is 6.42 Å². The van der Waals surface area contributed by atoms with Crippen molar-refractivity contribution < 1.29 is 0 Å². The molecule has 0 unspecified atom stereocenters. The van der Waals surface area contributed by atoms with Gasteiger partial charge in [0.2, 0.25) is 0 Å². The van der Waals surface area contributed by atoms with E-state index in [-0.39, 0.29) is 5.46 Å². The predicted molar refractivity (Wildman–Crippen MR) is 62.8 cm³/mol. The molecule has 0 nitrogen and oxygen atoms in total. The van der Waals surface area contributed by atoms with E-state index in [2.05, 4.69) is 0 Å². The van der Waals surface area contributed by atoms with Crippen LogP contribution < -0.4 is 27.3 Å². The van der Waals surface area contributed by atoms with E-state index in [1.807, 2.05) is 6.92 Å². The number of benzene rings is 1. The van der Waals surface area contributed by atoms with Gasteiger partial charge in [0, 0.05) is 0 Å². The first-order valence-corrected chi connectivity index (χ1v) is 4.00. The van der Waals surface area contributed by atoms with Crippen LogP contribution >= 0.6 is 0 Å². The summed E-state index contributed by atoms with van der Waals surface area (Å²) in [6, 6.07) is 0. The summed E-state index contributed by atoms with van der Waals surface area (Å²) in [4.78, 5) is 0. The van der Waals surface area contributed by atoms with Gasteiger partial charge in [-0.2, -0.15) is 0 Å². The molecule has 0 aliphatic carbocycles. The van der Waals surface area contributed by atoms with Gasteiger partial charge < -0.3 is 0 Å². The third kappa shape index (κ3) is 1.61. The molecule has 1 rings (SSSR count). The molecule has 0 spiro atoms.